The summed E-state index contributed by atoms with van der Waals surface area (Å²) in [5.41, 5.74) is 2.06. The third-order valence-corrected chi connectivity index (χ3v) is 7.10. The molecule has 36 heavy (non-hydrogen) atoms. The molecule has 2 heterocycles. The van der Waals surface area contributed by atoms with Crippen LogP contribution in [0.25, 0.3) is 0 Å². The van der Waals surface area contributed by atoms with E-state index in [0.717, 1.165) is 42.9 Å². The molecule has 0 saturated carbocycles. The van der Waals surface area contributed by atoms with E-state index in [0.29, 0.717) is 24.8 Å². The Morgan fingerprint density at radius 1 is 1.06 bits per heavy atom. The van der Waals surface area contributed by atoms with Gasteiger partial charge in [-0.1, -0.05) is 30.3 Å². The van der Waals surface area contributed by atoms with Crippen LogP contribution >= 0.6 is 0 Å². The van der Waals surface area contributed by atoms with Crippen LogP contribution in [0.2, 0.25) is 0 Å². The second-order valence-corrected chi connectivity index (χ2v) is 10.1. The number of amides is 1. The highest BCUT2D eigenvalue weighted by Crippen LogP contribution is 2.43. The highest BCUT2D eigenvalue weighted by Gasteiger charge is 2.35. The lowest BCUT2D eigenvalue weighted by atomic mass is 9.75. The number of nitrogens with zero attached hydrogens (tertiary/aromatic N) is 1. The summed E-state index contributed by atoms with van der Waals surface area (Å²) in [5, 5.41) is 0. The molecule has 0 radical (unpaired) electrons. The highest BCUT2D eigenvalue weighted by molar-refractivity contribution is 5.91. The van der Waals surface area contributed by atoms with Crippen molar-refractivity contribution in [3.05, 3.63) is 83.8 Å². The minimum absolute atomic E-state index is 0.109. The minimum Gasteiger partial charge on any atom is -0.497 e. The summed E-state index contributed by atoms with van der Waals surface area (Å²) in [5.74, 6) is 2.58. The SMILES string of the molecule is COc1ccc(CN(CC[C@H](c2ccccc2OC)[C@@H]2CCOC(C)(C)C2)C(=O)c2ccco2)cc1. The van der Waals surface area contributed by atoms with Crippen molar-refractivity contribution in [2.24, 2.45) is 5.92 Å². The second kappa shape index (κ2) is 11.7. The largest absolute Gasteiger partial charge is 0.497 e. The fourth-order valence-corrected chi connectivity index (χ4v) is 5.30. The van der Waals surface area contributed by atoms with Crippen LogP contribution in [0.1, 0.15) is 60.7 Å². The van der Waals surface area contributed by atoms with E-state index in [1.165, 1.54) is 5.56 Å². The van der Waals surface area contributed by atoms with Gasteiger partial charge in [0.25, 0.3) is 5.91 Å². The van der Waals surface area contributed by atoms with Gasteiger partial charge < -0.3 is 23.5 Å². The lowest BCUT2D eigenvalue weighted by molar-refractivity contribution is -0.0775. The molecule has 1 amide bonds. The van der Waals surface area contributed by atoms with Gasteiger partial charge in [0.05, 0.1) is 26.1 Å². The van der Waals surface area contributed by atoms with Gasteiger partial charge in [-0.25, -0.2) is 0 Å². The van der Waals surface area contributed by atoms with Gasteiger partial charge in [0.15, 0.2) is 5.76 Å². The number of benzene rings is 2. The summed E-state index contributed by atoms with van der Waals surface area (Å²) in [6.07, 6.45) is 4.29. The van der Waals surface area contributed by atoms with Crippen LogP contribution in [0.5, 0.6) is 11.5 Å². The fraction of sp³-hybridized carbons (Fsp3) is 0.433. The molecule has 0 aliphatic carbocycles. The lowest BCUT2D eigenvalue weighted by Gasteiger charge is -2.40. The van der Waals surface area contributed by atoms with E-state index in [4.69, 9.17) is 18.6 Å². The van der Waals surface area contributed by atoms with Crippen LogP contribution in [-0.2, 0) is 11.3 Å². The number of methoxy groups -OCH3 is 2. The average Bonchev–Trinajstić information content (AvgIpc) is 3.43. The first-order valence-electron chi connectivity index (χ1n) is 12.6. The summed E-state index contributed by atoms with van der Waals surface area (Å²) < 4.78 is 22.6. The molecule has 0 bridgehead atoms. The molecule has 2 aromatic carbocycles. The van der Waals surface area contributed by atoms with E-state index in [1.807, 2.05) is 41.3 Å². The lowest BCUT2D eigenvalue weighted by Crippen LogP contribution is -2.38. The Morgan fingerprint density at radius 3 is 2.50 bits per heavy atom. The molecule has 0 spiro atoms. The smallest absolute Gasteiger partial charge is 0.289 e. The number of rotatable bonds is 10. The van der Waals surface area contributed by atoms with Crippen molar-refractivity contribution in [1.29, 1.82) is 0 Å². The molecule has 3 aromatic rings. The molecule has 1 aliphatic rings. The summed E-state index contributed by atoms with van der Waals surface area (Å²) in [6.45, 7) is 6.14. The third kappa shape index (κ3) is 6.30. The Balaban J connectivity index is 1.60. The number of carbonyl (C=O) groups excluding carboxylic acids is 1. The Hall–Kier alpha value is -3.25. The van der Waals surface area contributed by atoms with Crippen molar-refractivity contribution in [3.8, 4) is 11.5 Å². The first-order chi connectivity index (χ1) is 17.4. The zero-order valence-electron chi connectivity index (χ0n) is 21.7. The van der Waals surface area contributed by atoms with Crippen molar-refractivity contribution in [2.75, 3.05) is 27.4 Å². The van der Waals surface area contributed by atoms with Crippen LogP contribution in [0.3, 0.4) is 0 Å². The summed E-state index contributed by atoms with van der Waals surface area (Å²) in [4.78, 5) is 15.3. The maximum absolute atomic E-state index is 13.4. The molecule has 4 rings (SSSR count). The highest BCUT2D eigenvalue weighted by atomic mass is 16.5. The van der Waals surface area contributed by atoms with Gasteiger partial charge >= 0.3 is 0 Å². The van der Waals surface area contributed by atoms with Crippen LogP contribution in [0, 0.1) is 5.92 Å². The molecule has 1 aliphatic heterocycles. The predicted octanol–water partition coefficient (Wildman–Crippen LogP) is 6.32. The summed E-state index contributed by atoms with van der Waals surface area (Å²) in [7, 11) is 3.37. The zero-order valence-corrected chi connectivity index (χ0v) is 21.7. The molecule has 1 saturated heterocycles. The van der Waals surface area contributed by atoms with Crippen LogP contribution in [-0.4, -0.2) is 43.8 Å². The zero-order chi connectivity index (χ0) is 25.5. The maximum Gasteiger partial charge on any atom is 0.289 e. The molecular weight excluding hydrogens is 454 g/mol. The van der Waals surface area contributed by atoms with Crippen molar-refractivity contribution in [2.45, 2.75) is 51.2 Å². The minimum atomic E-state index is -0.171. The van der Waals surface area contributed by atoms with E-state index in [9.17, 15) is 4.79 Å². The molecule has 6 nitrogen and oxygen atoms in total. The number of carbonyl (C=O) groups is 1. The van der Waals surface area contributed by atoms with Crippen molar-refractivity contribution < 1.29 is 23.4 Å². The van der Waals surface area contributed by atoms with E-state index in [1.54, 1.807) is 32.6 Å². The van der Waals surface area contributed by atoms with Crippen LogP contribution in [0.15, 0.2) is 71.3 Å². The van der Waals surface area contributed by atoms with Gasteiger partial charge in [-0.3, -0.25) is 4.79 Å². The number of hydrogen-bond acceptors (Lipinski definition) is 5. The Morgan fingerprint density at radius 2 is 1.83 bits per heavy atom. The predicted molar refractivity (Wildman–Crippen MR) is 140 cm³/mol. The maximum atomic E-state index is 13.4. The molecule has 192 valence electrons. The van der Waals surface area contributed by atoms with Crippen molar-refractivity contribution in [3.63, 3.8) is 0 Å². The van der Waals surface area contributed by atoms with Gasteiger partial charge in [-0.05, 0) is 86.4 Å². The van der Waals surface area contributed by atoms with E-state index >= 15 is 0 Å². The molecule has 2 atom stereocenters. The third-order valence-electron chi connectivity index (χ3n) is 7.10. The Kier molecular flexibility index (Phi) is 8.36. The van der Waals surface area contributed by atoms with E-state index < -0.39 is 0 Å². The first-order valence-corrected chi connectivity index (χ1v) is 12.6. The summed E-state index contributed by atoms with van der Waals surface area (Å²) in [6, 6.07) is 19.6. The molecule has 0 N–H and O–H groups in total. The Labute approximate surface area is 214 Å². The molecule has 6 heteroatoms. The van der Waals surface area contributed by atoms with Gasteiger partial charge in [-0.2, -0.15) is 0 Å². The molecular formula is C30H37NO5. The molecule has 0 unspecified atom stereocenters. The quantitative estimate of drug-likeness (QED) is 0.332. The normalized spacial score (nSPS) is 17.8. The van der Waals surface area contributed by atoms with Crippen molar-refractivity contribution >= 4 is 5.91 Å². The Bertz CT molecular complexity index is 1110. The first kappa shape index (κ1) is 25.8. The van der Waals surface area contributed by atoms with Crippen molar-refractivity contribution in [1.82, 2.24) is 4.90 Å². The van der Waals surface area contributed by atoms with Gasteiger partial charge in [0, 0.05) is 19.7 Å². The molecule has 1 aromatic heterocycles. The number of ether oxygens (including phenoxy) is 3. The van der Waals surface area contributed by atoms with Gasteiger partial charge in [-0.15, -0.1) is 0 Å². The second-order valence-electron chi connectivity index (χ2n) is 10.1. The number of para-hydroxylation sites is 1. The number of furan rings is 1. The summed E-state index contributed by atoms with van der Waals surface area (Å²) >= 11 is 0. The van der Waals surface area contributed by atoms with Gasteiger partial charge in [0.1, 0.15) is 11.5 Å². The monoisotopic (exact) mass is 491 g/mol. The number of hydrogen-bond donors (Lipinski definition) is 0. The average molecular weight is 492 g/mol. The van der Waals surface area contributed by atoms with Crippen LogP contribution in [0.4, 0.5) is 0 Å². The van der Waals surface area contributed by atoms with E-state index in [2.05, 4.69) is 26.0 Å². The standard InChI is InChI=1S/C30H37NO5/c1-30(2)20-23(16-19-36-30)25(26-8-5-6-9-27(26)34-4)15-17-31(29(32)28-10-7-18-35-28)21-22-11-13-24(33-3)14-12-22/h5-14,18,23,25H,15-17,19-21H2,1-4H3/t23-,25+/m1/s1. The van der Waals surface area contributed by atoms with Gasteiger partial charge in [0.2, 0.25) is 0 Å². The molecule has 1 fully saturated rings. The van der Waals surface area contributed by atoms with E-state index in [-0.39, 0.29) is 17.4 Å². The van der Waals surface area contributed by atoms with Crippen LogP contribution < -0.4 is 9.47 Å². The topological polar surface area (TPSA) is 61.1 Å². The fourth-order valence-electron chi connectivity index (χ4n) is 5.30.